The Labute approximate surface area is 109 Å². The van der Waals surface area contributed by atoms with Crippen molar-refractivity contribution in [3.63, 3.8) is 0 Å². The summed E-state index contributed by atoms with van der Waals surface area (Å²) in [5, 5.41) is 0. The molecule has 0 fully saturated rings. The van der Waals surface area contributed by atoms with Crippen LogP contribution in [0.4, 0.5) is 0 Å². The SMILES string of the molecule is COc1ccc(CCN=C(C)N(C)C)cc1OC. The van der Waals surface area contributed by atoms with Gasteiger partial charge in [0.2, 0.25) is 0 Å². The van der Waals surface area contributed by atoms with Crippen molar-refractivity contribution in [2.24, 2.45) is 4.99 Å². The Balaban J connectivity index is 2.66. The molecule has 1 aromatic rings. The minimum absolute atomic E-state index is 0.759. The van der Waals surface area contributed by atoms with Crippen LogP contribution in [0.2, 0.25) is 0 Å². The number of methoxy groups -OCH3 is 2. The number of ether oxygens (including phenoxy) is 2. The van der Waals surface area contributed by atoms with Crippen LogP contribution < -0.4 is 9.47 Å². The highest BCUT2D eigenvalue weighted by Crippen LogP contribution is 2.27. The van der Waals surface area contributed by atoms with Gasteiger partial charge in [0.05, 0.1) is 20.1 Å². The standard InChI is InChI=1S/C14H22N2O2/c1-11(16(2)3)15-9-8-12-6-7-13(17-4)14(10-12)18-5/h6-7,10H,8-9H2,1-5H3. The van der Waals surface area contributed by atoms with Crippen LogP contribution in [0.15, 0.2) is 23.2 Å². The molecule has 18 heavy (non-hydrogen) atoms. The lowest BCUT2D eigenvalue weighted by molar-refractivity contribution is 0.354. The van der Waals surface area contributed by atoms with E-state index in [4.69, 9.17) is 9.47 Å². The van der Waals surface area contributed by atoms with Crippen LogP contribution in [0.25, 0.3) is 0 Å². The maximum atomic E-state index is 5.27. The number of nitrogens with zero attached hydrogens (tertiary/aromatic N) is 2. The fourth-order valence-electron chi connectivity index (χ4n) is 1.52. The first-order valence-corrected chi connectivity index (χ1v) is 5.97. The van der Waals surface area contributed by atoms with E-state index in [9.17, 15) is 0 Å². The summed E-state index contributed by atoms with van der Waals surface area (Å²) in [6, 6.07) is 5.97. The first-order valence-electron chi connectivity index (χ1n) is 5.97. The van der Waals surface area contributed by atoms with Crippen LogP contribution in [-0.4, -0.2) is 45.6 Å². The van der Waals surface area contributed by atoms with E-state index in [-0.39, 0.29) is 0 Å². The summed E-state index contributed by atoms with van der Waals surface area (Å²) in [6.45, 7) is 2.79. The lowest BCUT2D eigenvalue weighted by Crippen LogP contribution is -2.18. The van der Waals surface area contributed by atoms with Crippen molar-refractivity contribution < 1.29 is 9.47 Å². The largest absolute Gasteiger partial charge is 0.493 e. The van der Waals surface area contributed by atoms with Crippen LogP contribution >= 0.6 is 0 Å². The van der Waals surface area contributed by atoms with E-state index in [1.165, 1.54) is 5.56 Å². The molecule has 1 rings (SSSR count). The number of benzene rings is 1. The summed E-state index contributed by atoms with van der Waals surface area (Å²) in [5.74, 6) is 2.56. The zero-order valence-electron chi connectivity index (χ0n) is 11.9. The molecule has 0 aliphatic heterocycles. The fourth-order valence-corrected chi connectivity index (χ4v) is 1.52. The van der Waals surface area contributed by atoms with Crippen molar-refractivity contribution in [1.29, 1.82) is 0 Å². The highest BCUT2D eigenvalue weighted by molar-refractivity contribution is 5.79. The van der Waals surface area contributed by atoms with Crippen LogP contribution in [0.3, 0.4) is 0 Å². The molecule has 0 aromatic heterocycles. The first kappa shape index (κ1) is 14.4. The molecule has 4 nitrogen and oxygen atoms in total. The molecule has 0 amide bonds. The van der Waals surface area contributed by atoms with Gasteiger partial charge in [0.15, 0.2) is 11.5 Å². The maximum Gasteiger partial charge on any atom is 0.160 e. The zero-order chi connectivity index (χ0) is 13.5. The van der Waals surface area contributed by atoms with E-state index in [1.54, 1.807) is 14.2 Å². The molecule has 100 valence electrons. The zero-order valence-corrected chi connectivity index (χ0v) is 11.9. The summed E-state index contributed by atoms with van der Waals surface area (Å²) < 4.78 is 10.5. The van der Waals surface area contributed by atoms with Crippen LogP contribution in [0.1, 0.15) is 12.5 Å². The second-order valence-electron chi connectivity index (χ2n) is 4.26. The summed E-state index contributed by atoms with van der Waals surface area (Å²) in [7, 11) is 7.28. The lowest BCUT2D eigenvalue weighted by atomic mass is 10.1. The van der Waals surface area contributed by atoms with Crippen LogP contribution in [0.5, 0.6) is 11.5 Å². The Morgan fingerprint density at radius 2 is 1.83 bits per heavy atom. The van der Waals surface area contributed by atoms with Crippen molar-refractivity contribution in [3.05, 3.63) is 23.8 Å². The Morgan fingerprint density at radius 3 is 2.39 bits per heavy atom. The molecule has 0 aliphatic rings. The van der Waals surface area contributed by atoms with Gasteiger partial charge in [-0.3, -0.25) is 4.99 Å². The van der Waals surface area contributed by atoms with E-state index >= 15 is 0 Å². The molecule has 4 heteroatoms. The number of aliphatic imine (C=N–C) groups is 1. The summed E-state index contributed by atoms with van der Waals surface area (Å²) >= 11 is 0. The monoisotopic (exact) mass is 250 g/mol. The molecule has 0 saturated carbocycles. The van der Waals surface area contributed by atoms with Gasteiger partial charge in [0.1, 0.15) is 0 Å². The number of amidine groups is 1. The minimum atomic E-state index is 0.759. The number of rotatable bonds is 5. The van der Waals surface area contributed by atoms with E-state index in [0.29, 0.717) is 0 Å². The molecule has 0 saturated heterocycles. The van der Waals surface area contributed by atoms with Gasteiger partial charge in [-0.2, -0.15) is 0 Å². The molecule has 0 radical (unpaired) electrons. The topological polar surface area (TPSA) is 34.1 Å². The highest BCUT2D eigenvalue weighted by Gasteiger charge is 2.04. The summed E-state index contributed by atoms with van der Waals surface area (Å²) in [4.78, 5) is 6.50. The van der Waals surface area contributed by atoms with Crippen molar-refractivity contribution in [1.82, 2.24) is 4.90 Å². The second-order valence-corrected chi connectivity index (χ2v) is 4.26. The molecule has 0 N–H and O–H groups in total. The average molecular weight is 250 g/mol. The third-order valence-electron chi connectivity index (χ3n) is 2.84. The molecule has 1 aromatic carbocycles. The van der Waals surface area contributed by atoms with Crippen molar-refractivity contribution >= 4 is 5.84 Å². The molecule has 0 atom stereocenters. The van der Waals surface area contributed by atoms with Gasteiger partial charge in [0, 0.05) is 20.6 Å². The molecule has 0 bridgehead atoms. The van der Waals surface area contributed by atoms with Crippen molar-refractivity contribution in [2.75, 3.05) is 34.9 Å². The van der Waals surface area contributed by atoms with Gasteiger partial charge < -0.3 is 14.4 Å². The predicted octanol–water partition coefficient (Wildman–Crippen LogP) is 2.23. The third kappa shape index (κ3) is 3.95. The van der Waals surface area contributed by atoms with E-state index in [1.807, 2.05) is 44.1 Å². The molecule has 0 unspecified atom stereocenters. The van der Waals surface area contributed by atoms with Crippen molar-refractivity contribution in [3.8, 4) is 11.5 Å². The van der Waals surface area contributed by atoms with E-state index in [0.717, 1.165) is 30.3 Å². The first-order chi connectivity index (χ1) is 8.58. The Bertz CT molecular complexity index is 414. The molecule has 0 spiro atoms. The fraction of sp³-hybridized carbons (Fsp3) is 0.500. The van der Waals surface area contributed by atoms with E-state index in [2.05, 4.69) is 4.99 Å². The van der Waals surface area contributed by atoms with Crippen LogP contribution in [0, 0.1) is 0 Å². The second kappa shape index (κ2) is 6.89. The van der Waals surface area contributed by atoms with Gasteiger partial charge in [-0.25, -0.2) is 0 Å². The van der Waals surface area contributed by atoms with Gasteiger partial charge in [0.25, 0.3) is 0 Å². The number of hydrogen-bond donors (Lipinski definition) is 0. The normalized spacial score (nSPS) is 11.3. The van der Waals surface area contributed by atoms with Gasteiger partial charge >= 0.3 is 0 Å². The van der Waals surface area contributed by atoms with Crippen molar-refractivity contribution in [2.45, 2.75) is 13.3 Å². The minimum Gasteiger partial charge on any atom is -0.493 e. The maximum absolute atomic E-state index is 5.27. The smallest absolute Gasteiger partial charge is 0.160 e. The highest BCUT2D eigenvalue weighted by atomic mass is 16.5. The van der Waals surface area contributed by atoms with Gasteiger partial charge in [-0.05, 0) is 31.0 Å². The molecule has 0 heterocycles. The Hall–Kier alpha value is -1.71. The molecular weight excluding hydrogens is 228 g/mol. The lowest BCUT2D eigenvalue weighted by Gasteiger charge is -2.11. The van der Waals surface area contributed by atoms with Gasteiger partial charge in [-0.1, -0.05) is 6.07 Å². The summed E-state index contributed by atoms with van der Waals surface area (Å²) in [6.07, 6.45) is 0.894. The Kier molecular flexibility index (Phi) is 5.49. The predicted molar refractivity (Wildman–Crippen MR) is 74.9 cm³/mol. The van der Waals surface area contributed by atoms with E-state index < -0.39 is 0 Å². The number of hydrogen-bond acceptors (Lipinski definition) is 3. The third-order valence-corrected chi connectivity index (χ3v) is 2.84. The van der Waals surface area contributed by atoms with Gasteiger partial charge in [-0.15, -0.1) is 0 Å². The quantitative estimate of drug-likeness (QED) is 0.593. The average Bonchev–Trinajstić information content (AvgIpc) is 2.38. The summed E-state index contributed by atoms with van der Waals surface area (Å²) in [5.41, 5.74) is 1.20. The molecular formula is C14H22N2O2. The Morgan fingerprint density at radius 1 is 1.17 bits per heavy atom. The van der Waals surface area contributed by atoms with Crippen LogP contribution in [-0.2, 0) is 6.42 Å². The molecule has 0 aliphatic carbocycles.